The van der Waals surface area contributed by atoms with Crippen LogP contribution in [0.5, 0.6) is 17.2 Å². The van der Waals surface area contributed by atoms with Gasteiger partial charge in [0.1, 0.15) is 17.2 Å². The van der Waals surface area contributed by atoms with Crippen molar-refractivity contribution in [2.75, 3.05) is 32.2 Å². The zero-order valence-electron chi connectivity index (χ0n) is 26.3. The van der Waals surface area contributed by atoms with E-state index in [0.29, 0.717) is 5.92 Å². The first-order valence-electron chi connectivity index (χ1n) is 15.4. The number of hydrogen-bond donors (Lipinski definition) is 0. The molecule has 5 rings (SSSR count). The monoisotopic (exact) mass is 571 g/mol. The number of nitrogens with zero attached hydrogens (tertiary/aromatic N) is 1. The number of rotatable bonds is 11. The lowest BCUT2D eigenvalue weighted by Gasteiger charge is -2.36. The minimum absolute atomic E-state index is 0.191. The molecule has 1 atom stereocenters. The average molecular weight is 572 g/mol. The lowest BCUT2D eigenvalue weighted by molar-refractivity contribution is 0.412. The molecule has 0 aromatic heterocycles. The van der Waals surface area contributed by atoms with E-state index in [2.05, 4.69) is 99.4 Å². The van der Waals surface area contributed by atoms with Crippen molar-refractivity contribution in [3.05, 3.63) is 82.9 Å². The third-order valence-corrected chi connectivity index (χ3v) is 14.0. The predicted molar refractivity (Wildman–Crippen MR) is 174 cm³/mol. The Labute approximate surface area is 249 Å². The lowest BCUT2D eigenvalue weighted by atomic mass is 9.79. The summed E-state index contributed by atoms with van der Waals surface area (Å²) >= 11 is 0. The number of ether oxygens (including phenoxy) is 2. The topological polar surface area (TPSA) is 30.9 Å². The van der Waals surface area contributed by atoms with E-state index in [-0.39, 0.29) is 5.04 Å². The minimum atomic E-state index is -1.84. The third kappa shape index (κ3) is 7.11. The molecule has 0 heterocycles. The van der Waals surface area contributed by atoms with Crippen LogP contribution in [0, 0.1) is 5.92 Å². The lowest BCUT2D eigenvalue weighted by Crippen LogP contribution is -2.43. The van der Waals surface area contributed by atoms with E-state index in [1.54, 1.807) is 14.2 Å². The normalized spacial score (nSPS) is 17.1. The summed E-state index contributed by atoms with van der Waals surface area (Å²) in [6.07, 6.45) is 7.02. The van der Waals surface area contributed by atoms with Crippen LogP contribution in [0.4, 0.5) is 5.69 Å². The third-order valence-electron chi connectivity index (χ3n) is 9.61. The van der Waals surface area contributed by atoms with Gasteiger partial charge in [-0.2, -0.15) is 0 Å². The molecule has 3 aromatic carbocycles. The maximum Gasteiger partial charge on any atom is 0.250 e. The summed E-state index contributed by atoms with van der Waals surface area (Å²) in [5.74, 6) is 4.21. The molecule has 41 heavy (non-hydrogen) atoms. The second kappa shape index (κ2) is 12.1. The first-order chi connectivity index (χ1) is 19.6. The Bertz CT molecular complexity index is 1320. The van der Waals surface area contributed by atoms with Crippen LogP contribution < -0.4 is 18.8 Å². The number of hydrogen-bond acceptors (Lipinski definition) is 4. The van der Waals surface area contributed by atoms with Crippen LogP contribution in [-0.2, 0) is 19.3 Å². The van der Waals surface area contributed by atoms with Crippen molar-refractivity contribution < 1.29 is 13.9 Å². The van der Waals surface area contributed by atoms with Gasteiger partial charge in [-0.1, -0.05) is 45.0 Å². The van der Waals surface area contributed by atoms with Gasteiger partial charge < -0.3 is 18.8 Å². The fourth-order valence-electron chi connectivity index (χ4n) is 5.75. The SMILES string of the molecule is COc1ccc2c(c1)CCC(c1ccc(OC)cc1N(CCc1ccc(O[Si](C)(C)C(C)(C)C)cc1)CC1CC1)C2. The van der Waals surface area contributed by atoms with Crippen LogP contribution in [0.15, 0.2) is 60.7 Å². The van der Waals surface area contributed by atoms with Crippen LogP contribution in [-0.4, -0.2) is 35.6 Å². The molecule has 4 nitrogen and oxygen atoms in total. The molecular formula is C36H49NO3Si. The molecule has 5 heteroatoms. The largest absolute Gasteiger partial charge is 0.544 e. The van der Waals surface area contributed by atoms with Gasteiger partial charge in [0.05, 0.1) is 14.2 Å². The van der Waals surface area contributed by atoms with Gasteiger partial charge in [0.25, 0.3) is 0 Å². The van der Waals surface area contributed by atoms with E-state index in [4.69, 9.17) is 13.9 Å². The van der Waals surface area contributed by atoms with Crippen LogP contribution >= 0.6 is 0 Å². The molecule has 0 spiro atoms. The molecule has 2 aliphatic carbocycles. The Morgan fingerprint density at radius 2 is 1.46 bits per heavy atom. The van der Waals surface area contributed by atoms with E-state index in [1.165, 1.54) is 40.8 Å². The summed E-state index contributed by atoms with van der Waals surface area (Å²) in [7, 11) is 1.69. The van der Waals surface area contributed by atoms with E-state index in [9.17, 15) is 0 Å². The van der Waals surface area contributed by atoms with E-state index < -0.39 is 8.32 Å². The molecule has 220 valence electrons. The summed E-state index contributed by atoms with van der Waals surface area (Å²) in [6.45, 7) is 13.6. The quantitative estimate of drug-likeness (QED) is 0.215. The average Bonchev–Trinajstić information content (AvgIpc) is 3.78. The molecule has 0 N–H and O–H groups in total. The summed E-state index contributed by atoms with van der Waals surface area (Å²) in [5.41, 5.74) is 7.07. The van der Waals surface area contributed by atoms with Gasteiger partial charge in [0.15, 0.2) is 0 Å². The van der Waals surface area contributed by atoms with Crippen LogP contribution in [0.2, 0.25) is 18.1 Å². The number of methoxy groups -OCH3 is 2. The Morgan fingerprint density at radius 3 is 2.12 bits per heavy atom. The van der Waals surface area contributed by atoms with Gasteiger partial charge in [-0.15, -0.1) is 0 Å². The first kappa shape index (κ1) is 29.6. The fourth-order valence-corrected chi connectivity index (χ4v) is 6.78. The van der Waals surface area contributed by atoms with Crippen LogP contribution in [0.3, 0.4) is 0 Å². The second-order valence-corrected chi connectivity index (χ2v) is 18.4. The summed E-state index contributed by atoms with van der Waals surface area (Å²) in [6, 6.07) is 22.2. The highest BCUT2D eigenvalue weighted by Crippen LogP contribution is 2.42. The Morgan fingerprint density at radius 1 is 0.805 bits per heavy atom. The minimum Gasteiger partial charge on any atom is -0.544 e. The highest BCUT2D eigenvalue weighted by atomic mass is 28.4. The summed E-state index contributed by atoms with van der Waals surface area (Å²) in [4.78, 5) is 2.65. The molecule has 0 aliphatic heterocycles. The van der Waals surface area contributed by atoms with Gasteiger partial charge in [-0.3, -0.25) is 0 Å². The summed E-state index contributed by atoms with van der Waals surface area (Å²) in [5, 5.41) is 0.191. The number of anilines is 1. The van der Waals surface area contributed by atoms with Crippen molar-refractivity contribution in [1.82, 2.24) is 0 Å². The molecule has 0 bridgehead atoms. The molecule has 0 radical (unpaired) electrons. The van der Waals surface area contributed by atoms with Crippen molar-refractivity contribution in [3.8, 4) is 17.2 Å². The molecule has 1 fully saturated rings. The zero-order valence-corrected chi connectivity index (χ0v) is 27.3. The molecule has 0 saturated heterocycles. The molecule has 0 amide bonds. The van der Waals surface area contributed by atoms with Crippen molar-refractivity contribution in [1.29, 1.82) is 0 Å². The van der Waals surface area contributed by atoms with E-state index in [1.807, 2.05) is 0 Å². The highest BCUT2D eigenvalue weighted by molar-refractivity contribution is 6.74. The number of benzene rings is 3. The Kier molecular flexibility index (Phi) is 8.75. The number of fused-ring (bicyclic) bond motifs is 1. The van der Waals surface area contributed by atoms with Crippen LogP contribution in [0.25, 0.3) is 0 Å². The van der Waals surface area contributed by atoms with Gasteiger partial charge in [0.2, 0.25) is 8.32 Å². The van der Waals surface area contributed by atoms with Gasteiger partial charge in [0, 0.05) is 24.8 Å². The van der Waals surface area contributed by atoms with Crippen molar-refractivity contribution >= 4 is 14.0 Å². The smallest absolute Gasteiger partial charge is 0.250 e. The van der Waals surface area contributed by atoms with Gasteiger partial charge >= 0.3 is 0 Å². The molecular weight excluding hydrogens is 522 g/mol. The number of aryl methyl sites for hydroxylation is 1. The van der Waals surface area contributed by atoms with E-state index in [0.717, 1.165) is 61.9 Å². The van der Waals surface area contributed by atoms with E-state index >= 15 is 0 Å². The molecule has 3 aromatic rings. The van der Waals surface area contributed by atoms with Crippen molar-refractivity contribution in [3.63, 3.8) is 0 Å². The first-order valence-corrected chi connectivity index (χ1v) is 18.3. The highest BCUT2D eigenvalue weighted by Gasteiger charge is 2.39. The Balaban J connectivity index is 1.35. The molecule has 1 saturated carbocycles. The fraction of sp³-hybridized carbons (Fsp3) is 0.500. The van der Waals surface area contributed by atoms with Crippen molar-refractivity contribution in [2.45, 2.75) is 83.3 Å². The second-order valence-electron chi connectivity index (χ2n) is 13.6. The zero-order chi connectivity index (χ0) is 29.2. The van der Waals surface area contributed by atoms with Crippen LogP contribution in [0.1, 0.15) is 68.2 Å². The van der Waals surface area contributed by atoms with Gasteiger partial charge in [-0.05, 0) is 121 Å². The van der Waals surface area contributed by atoms with Gasteiger partial charge in [-0.25, -0.2) is 0 Å². The standard InChI is InChI=1S/C36H49NO3Si/c1-36(2,3)41(6,7)40-31-15-10-26(11-16-31)20-21-37(25-27-8-9-27)35-24-33(39-5)18-19-34(35)30-13-12-29-23-32(38-4)17-14-28(29)22-30/h10-11,14-19,23-24,27,30H,8-9,12-13,20-22,25H2,1-7H3. The maximum atomic E-state index is 6.53. The molecule has 2 aliphatic rings. The summed E-state index contributed by atoms with van der Waals surface area (Å²) < 4.78 is 17.8. The predicted octanol–water partition coefficient (Wildman–Crippen LogP) is 8.82. The van der Waals surface area contributed by atoms with Crippen molar-refractivity contribution in [2.24, 2.45) is 5.92 Å². The molecule has 1 unspecified atom stereocenters. The maximum absolute atomic E-state index is 6.53. The Hall–Kier alpha value is -2.92.